The molecule has 0 N–H and O–H groups in total. The lowest BCUT2D eigenvalue weighted by atomic mass is 9.72. The molecule has 0 radical (unpaired) electrons. The second kappa shape index (κ2) is 5.12. The Bertz CT molecular complexity index is 522. The van der Waals surface area contributed by atoms with E-state index in [2.05, 4.69) is 0 Å². The Labute approximate surface area is 113 Å². The summed E-state index contributed by atoms with van der Waals surface area (Å²) in [6.45, 7) is 5.99. The maximum atomic E-state index is 14.1. The number of benzene rings is 2. The van der Waals surface area contributed by atoms with Gasteiger partial charge in [0.25, 0.3) is 0 Å². The van der Waals surface area contributed by atoms with Gasteiger partial charge >= 0.3 is 0 Å². The summed E-state index contributed by atoms with van der Waals surface area (Å²) in [5.74, 6) is -0.883. The fourth-order valence-electron chi connectivity index (χ4n) is 2.52. The number of rotatable bonds is 2. The van der Waals surface area contributed by atoms with Crippen LogP contribution in [0.1, 0.15) is 37.8 Å². The van der Waals surface area contributed by atoms with Gasteiger partial charge in [-0.15, -0.1) is 0 Å². The van der Waals surface area contributed by atoms with Gasteiger partial charge in [0.2, 0.25) is 0 Å². The van der Waals surface area contributed by atoms with E-state index >= 15 is 0 Å². The van der Waals surface area contributed by atoms with Gasteiger partial charge in [-0.3, -0.25) is 0 Å². The van der Waals surface area contributed by atoms with E-state index in [0.717, 1.165) is 0 Å². The molecule has 2 aromatic carbocycles. The van der Waals surface area contributed by atoms with Crippen LogP contribution < -0.4 is 0 Å². The third-order valence-corrected chi connectivity index (χ3v) is 3.30. The van der Waals surface area contributed by atoms with E-state index in [1.54, 1.807) is 36.4 Å². The fraction of sp³-hybridized carbons (Fsp3) is 0.294. The Hall–Kier alpha value is -1.70. The molecule has 0 aliphatic carbocycles. The van der Waals surface area contributed by atoms with Gasteiger partial charge in [0.15, 0.2) is 0 Å². The summed E-state index contributed by atoms with van der Waals surface area (Å²) in [6, 6.07) is 13.2. The van der Waals surface area contributed by atoms with Gasteiger partial charge < -0.3 is 0 Å². The average Bonchev–Trinajstić information content (AvgIpc) is 2.33. The molecule has 0 aliphatic heterocycles. The molecule has 0 nitrogen and oxygen atoms in total. The summed E-state index contributed by atoms with van der Waals surface area (Å²) >= 11 is 0. The normalized spacial score (nSPS) is 11.9. The number of halogens is 2. The first-order valence-corrected chi connectivity index (χ1v) is 6.40. The van der Waals surface area contributed by atoms with Crippen molar-refractivity contribution in [1.82, 2.24) is 0 Å². The Morgan fingerprint density at radius 2 is 1.11 bits per heavy atom. The van der Waals surface area contributed by atoms with Crippen LogP contribution in [0.25, 0.3) is 0 Å². The van der Waals surface area contributed by atoms with E-state index in [1.165, 1.54) is 12.1 Å². The first kappa shape index (κ1) is 13.7. The summed E-state index contributed by atoms with van der Waals surface area (Å²) in [4.78, 5) is 0. The lowest BCUT2D eigenvalue weighted by molar-refractivity contribution is 0.342. The molecule has 0 aliphatic rings. The van der Waals surface area contributed by atoms with Crippen LogP contribution in [0.4, 0.5) is 8.78 Å². The van der Waals surface area contributed by atoms with E-state index in [0.29, 0.717) is 11.1 Å². The minimum absolute atomic E-state index is 0.273. The molecule has 0 saturated carbocycles. The van der Waals surface area contributed by atoms with E-state index in [1.807, 2.05) is 20.8 Å². The minimum Gasteiger partial charge on any atom is -0.207 e. The van der Waals surface area contributed by atoms with Crippen molar-refractivity contribution >= 4 is 0 Å². The van der Waals surface area contributed by atoms with Crippen molar-refractivity contribution in [3.63, 3.8) is 0 Å². The maximum absolute atomic E-state index is 14.1. The first-order chi connectivity index (χ1) is 8.91. The van der Waals surface area contributed by atoms with Gasteiger partial charge in [0.05, 0.1) is 0 Å². The average molecular weight is 260 g/mol. The highest BCUT2D eigenvalue weighted by Crippen LogP contribution is 2.42. The molecule has 0 atom stereocenters. The van der Waals surface area contributed by atoms with Crippen molar-refractivity contribution in [1.29, 1.82) is 0 Å². The minimum atomic E-state index is -0.310. The van der Waals surface area contributed by atoms with E-state index < -0.39 is 0 Å². The Kier molecular flexibility index (Phi) is 3.70. The molecule has 0 saturated heterocycles. The van der Waals surface area contributed by atoms with E-state index in [9.17, 15) is 8.78 Å². The van der Waals surface area contributed by atoms with Gasteiger partial charge in [-0.1, -0.05) is 57.2 Å². The molecular formula is C17H18F2. The summed E-state index contributed by atoms with van der Waals surface area (Å²) in [5, 5.41) is 0. The molecule has 0 unspecified atom stereocenters. The highest BCUT2D eigenvalue weighted by atomic mass is 19.1. The van der Waals surface area contributed by atoms with Gasteiger partial charge in [-0.2, -0.15) is 0 Å². The monoisotopic (exact) mass is 260 g/mol. The van der Waals surface area contributed by atoms with Crippen molar-refractivity contribution in [3.05, 3.63) is 71.3 Å². The molecule has 0 amide bonds. The molecule has 0 aromatic heterocycles. The third-order valence-electron chi connectivity index (χ3n) is 3.30. The zero-order valence-corrected chi connectivity index (χ0v) is 11.5. The molecule has 0 spiro atoms. The Balaban J connectivity index is 2.62. The predicted molar refractivity (Wildman–Crippen MR) is 74.1 cm³/mol. The van der Waals surface area contributed by atoms with Crippen LogP contribution in [0.3, 0.4) is 0 Å². The number of hydrogen-bond donors (Lipinski definition) is 0. The first-order valence-electron chi connectivity index (χ1n) is 6.40. The largest absolute Gasteiger partial charge is 0.207 e. The molecule has 19 heavy (non-hydrogen) atoms. The SMILES string of the molecule is CC(C)(C)C(c1ccccc1F)c1ccccc1F. The van der Waals surface area contributed by atoms with Gasteiger partial charge in [-0.25, -0.2) is 8.78 Å². The van der Waals surface area contributed by atoms with E-state index in [4.69, 9.17) is 0 Å². The molecule has 0 heterocycles. The van der Waals surface area contributed by atoms with Gasteiger partial charge in [-0.05, 0) is 28.7 Å². The summed E-state index contributed by atoms with van der Waals surface area (Å²) in [7, 11) is 0. The second-order valence-electron chi connectivity index (χ2n) is 5.84. The lowest BCUT2D eigenvalue weighted by Gasteiger charge is -2.32. The van der Waals surface area contributed by atoms with Gasteiger partial charge in [0.1, 0.15) is 11.6 Å². The van der Waals surface area contributed by atoms with Crippen LogP contribution in [-0.4, -0.2) is 0 Å². The molecule has 0 bridgehead atoms. The topological polar surface area (TPSA) is 0 Å². The molecule has 2 heteroatoms. The van der Waals surface area contributed by atoms with Crippen LogP contribution in [-0.2, 0) is 0 Å². The van der Waals surface area contributed by atoms with Crippen molar-refractivity contribution in [2.24, 2.45) is 5.41 Å². The molecular weight excluding hydrogens is 242 g/mol. The Morgan fingerprint density at radius 3 is 1.42 bits per heavy atom. The van der Waals surface area contributed by atoms with Crippen molar-refractivity contribution < 1.29 is 8.78 Å². The quantitative estimate of drug-likeness (QED) is 0.701. The van der Waals surface area contributed by atoms with Crippen molar-refractivity contribution in [2.75, 3.05) is 0 Å². The molecule has 0 fully saturated rings. The highest BCUT2D eigenvalue weighted by molar-refractivity contribution is 5.36. The predicted octanol–water partition coefficient (Wildman–Crippen LogP) is 5.14. The second-order valence-corrected chi connectivity index (χ2v) is 5.84. The molecule has 2 rings (SSSR count). The summed E-state index contributed by atoms with van der Waals surface area (Å²) in [6.07, 6.45) is 0. The third kappa shape index (κ3) is 2.83. The Morgan fingerprint density at radius 1 is 0.737 bits per heavy atom. The van der Waals surface area contributed by atoms with Crippen LogP contribution >= 0.6 is 0 Å². The van der Waals surface area contributed by atoms with Gasteiger partial charge in [0, 0.05) is 5.92 Å². The zero-order chi connectivity index (χ0) is 14.0. The molecule has 2 aromatic rings. The van der Waals surface area contributed by atoms with Crippen LogP contribution in [0.15, 0.2) is 48.5 Å². The zero-order valence-electron chi connectivity index (χ0n) is 11.5. The summed E-state index contributed by atoms with van der Waals surface area (Å²) < 4.78 is 28.1. The van der Waals surface area contributed by atoms with Crippen molar-refractivity contribution in [3.8, 4) is 0 Å². The van der Waals surface area contributed by atoms with Crippen LogP contribution in [0, 0.1) is 17.0 Å². The fourth-order valence-corrected chi connectivity index (χ4v) is 2.52. The van der Waals surface area contributed by atoms with Crippen molar-refractivity contribution in [2.45, 2.75) is 26.7 Å². The van der Waals surface area contributed by atoms with Crippen LogP contribution in [0.2, 0.25) is 0 Å². The molecule has 100 valence electrons. The van der Waals surface area contributed by atoms with E-state index in [-0.39, 0.29) is 23.0 Å². The smallest absolute Gasteiger partial charge is 0.127 e. The van der Waals surface area contributed by atoms with Crippen LogP contribution in [0.5, 0.6) is 0 Å². The summed E-state index contributed by atoms with van der Waals surface area (Å²) in [5.41, 5.74) is 0.810. The number of hydrogen-bond acceptors (Lipinski definition) is 0. The highest BCUT2D eigenvalue weighted by Gasteiger charge is 2.31. The maximum Gasteiger partial charge on any atom is 0.127 e. The standard InChI is InChI=1S/C17H18F2/c1-17(2,3)16(12-8-4-6-10-14(12)18)13-9-5-7-11-15(13)19/h4-11,16H,1-3H3. The lowest BCUT2D eigenvalue weighted by Crippen LogP contribution is -2.21.